The highest BCUT2D eigenvalue weighted by molar-refractivity contribution is 7.92. The van der Waals surface area contributed by atoms with E-state index in [2.05, 4.69) is 21.6 Å². The molecule has 3 aromatic rings. The van der Waals surface area contributed by atoms with Crippen LogP contribution in [0.2, 0.25) is 0 Å². The van der Waals surface area contributed by atoms with Gasteiger partial charge in [0, 0.05) is 17.7 Å². The zero-order chi connectivity index (χ0) is 26.8. The van der Waals surface area contributed by atoms with Crippen LogP contribution >= 0.6 is 0 Å². The van der Waals surface area contributed by atoms with Gasteiger partial charge in [0.1, 0.15) is 6.61 Å². The Hall–Kier alpha value is -3.50. The minimum atomic E-state index is -4.17. The SMILES string of the molecule is Cc1cccc(C)c1-c1cc(OC[C@H](N)CC2(C)CCC2)nc(NS(=O)(=O)c2cccc(C(=O)O)c2)n1. The van der Waals surface area contributed by atoms with Crippen molar-refractivity contribution in [3.63, 3.8) is 0 Å². The van der Waals surface area contributed by atoms with Gasteiger partial charge in [0.15, 0.2) is 0 Å². The number of aromatic carboxylic acids is 1. The first-order chi connectivity index (χ1) is 17.5. The van der Waals surface area contributed by atoms with E-state index in [1.807, 2.05) is 32.0 Å². The maximum absolute atomic E-state index is 13.1. The normalized spacial score (nSPS) is 15.5. The van der Waals surface area contributed by atoms with Crippen LogP contribution in [0.15, 0.2) is 53.4 Å². The zero-order valence-electron chi connectivity index (χ0n) is 21.2. The Morgan fingerprint density at radius 3 is 2.43 bits per heavy atom. The van der Waals surface area contributed by atoms with Crippen LogP contribution in [0.5, 0.6) is 5.88 Å². The smallest absolute Gasteiger partial charge is 0.335 e. The molecule has 0 spiro atoms. The molecule has 4 rings (SSSR count). The molecule has 196 valence electrons. The molecule has 1 saturated carbocycles. The first kappa shape index (κ1) is 26.6. The third-order valence-corrected chi connectivity index (χ3v) is 8.14. The number of anilines is 1. The van der Waals surface area contributed by atoms with Crippen molar-refractivity contribution < 1.29 is 23.1 Å². The second-order valence-corrected chi connectivity index (χ2v) is 11.7. The maximum atomic E-state index is 13.1. The van der Waals surface area contributed by atoms with Crippen molar-refractivity contribution in [2.45, 2.75) is 57.4 Å². The molecular formula is C27H32N4O5S. The van der Waals surface area contributed by atoms with Crippen LogP contribution in [-0.2, 0) is 10.0 Å². The third kappa shape index (κ3) is 6.26. The van der Waals surface area contributed by atoms with Crippen LogP contribution in [0.1, 0.15) is 54.1 Å². The molecule has 1 atom stereocenters. The van der Waals surface area contributed by atoms with Crippen molar-refractivity contribution in [2.75, 3.05) is 11.3 Å². The fourth-order valence-electron chi connectivity index (χ4n) is 4.74. The van der Waals surface area contributed by atoms with Gasteiger partial charge in [-0.05, 0) is 67.9 Å². The van der Waals surface area contributed by atoms with Gasteiger partial charge < -0.3 is 15.6 Å². The molecule has 4 N–H and O–H groups in total. The van der Waals surface area contributed by atoms with E-state index in [1.54, 1.807) is 6.07 Å². The summed E-state index contributed by atoms with van der Waals surface area (Å²) in [6.45, 7) is 6.35. The molecular weight excluding hydrogens is 492 g/mol. The van der Waals surface area contributed by atoms with E-state index in [9.17, 15) is 18.3 Å². The minimum absolute atomic E-state index is 0.147. The molecule has 0 radical (unpaired) electrons. The summed E-state index contributed by atoms with van der Waals surface area (Å²) in [6.07, 6.45) is 4.36. The number of sulfonamides is 1. The van der Waals surface area contributed by atoms with Gasteiger partial charge in [0.05, 0.1) is 16.2 Å². The van der Waals surface area contributed by atoms with E-state index < -0.39 is 16.0 Å². The van der Waals surface area contributed by atoms with Gasteiger partial charge in [-0.2, -0.15) is 4.98 Å². The number of carboxylic acids is 1. The lowest BCUT2D eigenvalue weighted by Crippen LogP contribution is -2.37. The molecule has 0 unspecified atom stereocenters. The summed E-state index contributed by atoms with van der Waals surface area (Å²) in [5.74, 6) is -1.22. The summed E-state index contributed by atoms with van der Waals surface area (Å²) in [4.78, 5) is 19.9. The van der Waals surface area contributed by atoms with Crippen molar-refractivity contribution in [3.8, 4) is 17.1 Å². The molecule has 1 fully saturated rings. The highest BCUT2D eigenvalue weighted by atomic mass is 32.2. The van der Waals surface area contributed by atoms with Crippen molar-refractivity contribution in [1.82, 2.24) is 9.97 Å². The number of benzene rings is 2. The molecule has 1 heterocycles. The summed E-state index contributed by atoms with van der Waals surface area (Å²) < 4.78 is 34.5. The van der Waals surface area contributed by atoms with Crippen LogP contribution in [0.3, 0.4) is 0 Å². The molecule has 1 aliphatic rings. The molecule has 37 heavy (non-hydrogen) atoms. The lowest BCUT2D eigenvalue weighted by atomic mass is 9.67. The van der Waals surface area contributed by atoms with E-state index in [-0.39, 0.29) is 40.4 Å². The van der Waals surface area contributed by atoms with Crippen LogP contribution in [-0.4, -0.2) is 42.1 Å². The third-order valence-electron chi connectivity index (χ3n) is 6.82. The highest BCUT2D eigenvalue weighted by Crippen LogP contribution is 2.43. The number of ether oxygens (including phenoxy) is 1. The monoisotopic (exact) mass is 524 g/mol. The molecule has 0 bridgehead atoms. The Labute approximate surface area is 217 Å². The van der Waals surface area contributed by atoms with Gasteiger partial charge in [-0.15, -0.1) is 0 Å². The summed E-state index contributed by atoms with van der Waals surface area (Å²) in [5, 5.41) is 9.24. The molecule has 0 amide bonds. The van der Waals surface area contributed by atoms with Crippen molar-refractivity contribution >= 4 is 21.9 Å². The van der Waals surface area contributed by atoms with Crippen LogP contribution in [0, 0.1) is 19.3 Å². The summed E-state index contributed by atoms with van der Waals surface area (Å²) >= 11 is 0. The number of carbonyl (C=O) groups is 1. The standard InChI is InChI=1S/C27H32N4O5S/c1-17-7-4-8-18(2)24(17)22-14-23(36-16-20(28)15-27(3)11-6-12-27)30-26(29-22)31-37(34,35)21-10-5-9-19(13-21)25(32)33/h4-5,7-10,13-14,20H,6,11-12,15-16,28H2,1-3H3,(H,32,33)(H,29,30,31)/t20-/m1/s1. The Morgan fingerprint density at radius 2 is 1.81 bits per heavy atom. The van der Waals surface area contributed by atoms with E-state index in [0.717, 1.165) is 42.0 Å². The second-order valence-electron chi connectivity index (χ2n) is 10.1. The minimum Gasteiger partial charge on any atom is -0.478 e. The van der Waals surface area contributed by atoms with Crippen LogP contribution in [0.4, 0.5) is 5.95 Å². The summed E-state index contributed by atoms with van der Waals surface area (Å²) in [5.41, 5.74) is 9.69. The van der Waals surface area contributed by atoms with Crippen molar-refractivity contribution in [3.05, 3.63) is 65.2 Å². The number of aromatic nitrogens is 2. The van der Waals surface area contributed by atoms with Gasteiger partial charge in [-0.25, -0.2) is 22.9 Å². The second kappa shape index (κ2) is 10.5. The molecule has 9 nitrogen and oxygen atoms in total. The summed E-state index contributed by atoms with van der Waals surface area (Å²) in [6, 6.07) is 12.4. The van der Waals surface area contributed by atoms with E-state index in [4.69, 9.17) is 10.5 Å². The number of nitrogens with zero attached hydrogens (tertiary/aromatic N) is 2. The highest BCUT2D eigenvalue weighted by Gasteiger charge is 2.33. The Balaban J connectivity index is 1.66. The predicted molar refractivity (Wildman–Crippen MR) is 141 cm³/mol. The topological polar surface area (TPSA) is 144 Å². The Morgan fingerprint density at radius 1 is 1.14 bits per heavy atom. The molecule has 1 aromatic heterocycles. The fraction of sp³-hybridized carbons (Fsp3) is 0.370. The van der Waals surface area contributed by atoms with Crippen molar-refractivity contribution in [2.24, 2.45) is 11.1 Å². The molecule has 10 heteroatoms. The number of nitrogens with one attached hydrogen (secondary N) is 1. The van der Waals surface area contributed by atoms with Gasteiger partial charge in [-0.3, -0.25) is 0 Å². The van der Waals surface area contributed by atoms with Gasteiger partial charge >= 0.3 is 5.97 Å². The van der Waals surface area contributed by atoms with E-state index >= 15 is 0 Å². The number of nitrogens with two attached hydrogens (primary N) is 1. The zero-order valence-corrected chi connectivity index (χ0v) is 22.0. The number of carboxylic acid groups (broad SMARTS) is 1. The molecule has 1 aliphatic carbocycles. The quantitative estimate of drug-likeness (QED) is 0.350. The van der Waals surface area contributed by atoms with Gasteiger partial charge in [0.25, 0.3) is 10.0 Å². The number of aryl methyl sites for hydroxylation is 2. The van der Waals surface area contributed by atoms with Gasteiger partial charge in [0.2, 0.25) is 11.8 Å². The first-order valence-corrected chi connectivity index (χ1v) is 13.6. The average molecular weight is 525 g/mol. The predicted octanol–water partition coefficient (Wildman–Crippen LogP) is 4.55. The Kier molecular flexibility index (Phi) is 7.52. The Bertz CT molecular complexity index is 1400. The average Bonchev–Trinajstić information content (AvgIpc) is 2.81. The number of hydrogen-bond donors (Lipinski definition) is 3. The summed E-state index contributed by atoms with van der Waals surface area (Å²) in [7, 11) is -4.17. The van der Waals surface area contributed by atoms with E-state index in [0.29, 0.717) is 5.69 Å². The molecule has 2 aromatic carbocycles. The lowest BCUT2D eigenvalue weighted by Gasteiger charge is -2.40. The first-order valence-electron chi connectivity index (χ1n) is 12.2. The maximum Gasteiger partial charge on any atom is 0.335 e. The lowest BCUT2D eigenvalue weighted by molar-refractivity contribution is 0.0696. The molecule has 0 saturated heterocycles. The van der Waals surface area contributed by atoms with E-state index in [1.165, 1.54) is 24.6 Å². The van der Waals surface area contributed by atoms with Crippen LogP contribution < -0.4 is 15.2 Å². The van der Waals surface area contributed by atoms with Crippen LogP contribution in [0.25, 0.3) is 11.3 Å². The fourth-order valence-corrected chi connectivity index (χ4v) is 5.72. The molecule has 0 aliphatic heterocycles. The largest absolute Gasteiger partial charge is 0.478 e. The number of hydrogen-bond acceptors (Lipinski definition) is 7. The van der Waals surface area contributed by atoms with Gasteiger partial charge in [-0.1, -0.05) is 37.6 Å². The number of rotatable bonds is 10. The van der Waals surface area contributed by atoms with Crippen molar-refractivity contribution in [1.29, 1.82) is 0 Å².